The van der Waals surface area contributed by atoms with Crippen molar-refractivity contribution < 1.29 is 13.9 Å². The summed E-state index contributed by atoms with van der Waals surface area (Å²) in [6.45, 7) is 2.51. The maximum atomic E-state index is 12.9. The Morgan fingerprint density at radius 3 is 2.94 bits per heavy atom. The van der Waals surface area contributed by atoms with E-state index in [1.807, 2.05) is 59.4 Å². The molecule has 1 atom stereocenters. The maximum absolute atomic E-state index is 12.9. The second-order valence-electron chi connectivity index (χ2n) is 8.37. The van der Waals surface area contributed by atoms with E-state index >= 15 is 0 Å². The van der Waals surface area contributed by atoms with Crippen molar-refractivity contribution in [3.63, 3.8) is 0 Å². The molecule has 1 saturated heterocycles. The van der Waals surface area contributed by atoms with Gasteiger partial charge in [0.1, 0.15) is 11.5 Å². The smallest absolute Gasteiger partial charge is 0.236 e. The van der Waals surface area contributed by atoms with Crippen LogP contribution in [0.4, 0.5) is 0 Å². The molecule has 0 aliphatic carbocycles. The minimum Gasteiger partial charge on any atom is -0.496 e. The first-order chi connectivity index (χ1) is 15.6. The molecule has 0 unspecified atom stereocenters. The fourth-order valence-corrected chi connectivity index (χ4v) is 4.23. The molecule has 3 aromatic rings. The van der Waals surface area contributed by atoms with Crippen molar-refractivity contribution in [2.24, 2.45) is 0 Å². The van der Waals surface area contributed by atoms with E-state index in [1.165, 1.54) is 0 Å². The molecule has 0 radical (unpaired) electrons. The highest BCUT2D eigenvalue weighted by Gasteiger charge is 2.28. The number of pyridine rings is 1. The lowest BCUT2D eigenvalue weighted by molar-refractivity contribution is -0.133. The highest BCUT2D eigenvalue weighted by molar-refractivity contribution is 5.78. The van der Waals surface area contributed by atoms with E-state index in [-0.39, 0.29) is 11.8 Å². The van der Waals surface area contributed by atoms with Gasteiger partial charge in [-0.1, -0.05) is 24.3 Å². The molecule has 3 heterocycles. The van der Waals surface area contributed by atoms with Crippen LogP contribution < -0.4 is 4.74 Å². The summed E-state index contributed by atoms with van der Waals surface area (Å²) in [5, 5.41) is 0. The molecule has 7 nitrogen and oxygen atoms in total. The third kappa shape index (κ3) is 5.53. The number of carbonyl (C=O) groups excluding carboxylic acids is 1. The van der Waals surface area contributed by atoms with Crippen LogP contribution in [-0.4, -0.2) is 59.5 Å². The van der Waals surface area contributed by atoms with Gasteiger partial charge in [-0.05, 0) is 37.6 Å². The second kappa shape index (κ2) is 10.4. The third-order valence-electron chi connectivity index (χ3n) is 5.83. The summed E-state index contributed by atoms with van der Waals surface area (Å²) in [4.78, 5) is 25.5. The number of aromatic nitrogens is 2. The molecule has 4 rings (SSSR count). The van der Waals surface area contributed by atoms with E-state index in [0.717, 1.165) is 47.9 Å². The van der Waals surface area contributed by atoms with Crippen LogP contribution in [0.3, 0.4) is 0 Å². The van der Waals surface area contributed by atoms with E-state index in [4.69, 9.17) is 9.15 Å². The summed E-state index contributed by atoms with van der Waals surface area (Å²) in [5.74, 6) is 2.64. The number of piperidine rings is 1. The molecule has 0 bridgehead atoms. The van der Waals surface area contributed by atoms with Crippen molar-refractivity contribution in [2.75, 3.05) is 33.8 Å². The lowest BCUT2D eigenvalue weighted by atomic mass is 9.98. The quantitative estimate of drug-likeness (QED) is 0.540. The summed E-state index contributed by atoms with van der Waals surface area (Å²) < 4.78 is 11.5. The van der Waals surface area contributed by atoms with Crippen LogP contribution in [0.2, 0.25) is 0 Å². The van der Waals surface area contributed by atoms with Gasteiger partial charge in [0.15, 0.2) is 5.89 Å². The van der Waals surface area contributed by atoms with Crippen LogP contribution in [0, 0.1) is 0 Å². The Morgan fingerprint density at radius 1 is 1.25 bits per heavy atom. The number of likely N-dealkylation sites (tertiary alicyclic amines) is 1. The number of likely N-dealkylation sites (N-methyl/N-ethyl adjacent to an activating group) is 1. The van der Waals surface area contributed by atoms with Gasteiger partial charge >= 0.3 is 0 Å². The van der Waals surface area contributed by atoms with Crippen LogP contribution >= 0.6 is 0 Å². The van der Waals surface area contributed by atoms with Gasteiger partial charge in [-0.25, -0.2) is 4.98 Å². The molecule has 7 heteroatoms. The van der Waals surface area contributed by atoms with Crippen molar-refractivity contribution in [3.05, 3.63) is 77.8 Å². The number of rotatable bonds is 8. The largest absolute Gasteiger partial charge is 0.496 e. The van der Waals surface area contributed by atoms with Gasteiger partial charge in [-0.2, -0.15) is 0 Å². The van der Waals surface area contributed by atoms with Crippen LogP contribution in [0.1, 0.15) is 41.5 Å². The lowest BCUT2D eigenvalue weighted by Crippen LogP contribution is -2.43. The van der Waals surface area contributed by atoms with Crippen LogP contribution in [0.25, 0.3) is 0 Å². The zero-order valence-electron chi connectivity index (χ0n) is 18.7. The van der Waals surface area contributed by atoms with Crippen molar-refractivity contribution >= 4 is 5.91 Å². The van der Waals surface area contributed by atoms with E-state index in [2.05, 4.69) is 9.97 Å². The summed E-state index contributed by atoms with van der Waals surface area (Å²) in [7, 11) is 3.64. The Kier molecular flexibility index (Phi) is 7.17. The van der Waals surface area contributed by atoms with Gasteiger partial charge in [-0.15, -0.1) is 0 Å². The molecular formula is C25H30N4O3. The number of oxazole rings is 1. The van der Waals surface area contributed by atoms with E-state index in [1.54, 1.807) is 19.5 Å². The molecule has 1 aromatic carbocycles. The Balaban J connectivity index is 1.34. The van der Waals surface area contributed by atoms with Crippen LogP contribution in [0.5, 0.6) is 5.75 Å². The highest BCUT2D eigenvalue weighted by Crippen LogP contribution is 2.28. The van der Waals surface area contributed by atoms with E-state index in [0.29, 0.717) is 26.1 Å². The third-order valence-corrected chi connectivity index (χ3v) is 5.83. The van der Waals surface area contributed by atoms with E-state index in [9.17, 15) is 4.79 Å². The molecule has 32 heavy (non-hydrogen) atoms. The molecule has 1 amide bonds. The van der Waals surface area contributed by atoms with Crippen molar-refractivity contribution in [1.29, 1.82) is 0 Å². The van der Waals surface area contributed by atoms with Crippen molar-refractivity contribution in [1.82, 2.24) is 19.8 Å². The van der Waals surface area contributed by atoms with Gasteiger partial charge in [0.05, 0.1) is 25.8 Å². The SMILES string of the molecule is COc1ccccc1Cc1cnc([C@@H]2CCCN(C(=O)CN(C)Cc3cccnc3)C2)o1. The zero-order chi connectivity index (χ0) is 22.3. The standard InChI is InChI=1S/C25H30N4O3/c1-28(16-19-7-5-11-26-14-19)18-24(30)29-12-6-9-21(17-29)25-27-15-22(32-25)13-20-8-3-4-10-23(20)31-2/h3-5,7-8,10-11,14-15,21H,6,9,12-13,16-18H2,1-2H3/t21-/m1/s1. The van der Waals surface area contributed by atoms with Gasteiger partial charge in [0.2, 0.25) is 5.91 Å². The normalized spacial score (nSPS) is 16.3. The minimum absolute atomic E-state index is 0.128. The average molecular weight is 435 g/mol. The van der Waals surface area contributed by atoms with Gasteiger partial charge < -0.3 is 14.1 Å². The number of methoxy groups -OCH3 is 1. The fourth-order valence-electron chi connectivity index (χ4n) is 4.23. The summed E-state index contributed by atoms with van der Waals surface area (Å²) >= 11 is 0. The number of hydrogen-bond donors (Lipinski definition) is 0. The first kappa shape index (κ1) is 22.0. The first-order valence-corrected chi connectivity index (χ1v) is 11.0. The number of benzene rings is 1. The lowest BCUT2D eigenvalue weighted by Gasteiger charge is -2.32. The van der Waals surface area contributed by atoms with E-state index < -0.39 is 0 Å². The molecule has 1 aliphatic rings. The molecule has 1 fully saturated rings. The Labute approximate surface area is 189 Å². The predicted molar refractivity (Wildman–Crippen MR) is 121 cm³/mol. The van der Waals surface area contributed by atoms with Gasteiger partial charge in [0.25, 0.3) is 0 Å². The number of para-hydroxylation sites is 1. The molecule has 0 saturated carbocycles. The fraction of sp³-hybridized carbons (Fsp3) is 0.400. The molecule has 0 N–H and O–H groups in total. The number of amides is 1. The first-order valence-electron chi connectivity index (χ1n) is 11.0. The van der Waals surface area contributed by atoms with Crippen LogP contribution in [0.15, 0.2) is 59.4 Å². The Hall–Kier alpha value is -3.19. The summed E-state index contributed by atoms with van der Waals surface area (Å²) in [6, 6.07) is 11.9. The molecule has 2 aromatic heterocycles. The second-order valence-corrected chi connectivity index (χ2v) is 8.37. The van der Waals surface area contributed by atoms with Crippen molar-refractivity contribution in [2.45, 2.75) is 31.7 Å². The number of ether oxygens (including phenoxy) is 1. The maximum Gasteiger partial charge on any atom is 0.236 e. The van der Waals surface area contributed by atoms with Crippen molar-refractivity contribution in [3.8, 4) is 5.75 Å². The Morgan fingerprint density at radius 2 is 2.12 bits per heavy atom. The summed E-state index contributed by atoms with van der Waals surface area (Å²) in [5.41, 5.74) is 2.16. The summed E-state index contributed by atoms with van der Waals surface area (Å²) in [6.07, 6.45) is 7.95. The van der Waals surface area contributed by atoms with Crippen LogP contribution in [-0.2, 0) is 17.8 Å². The highest BCUT2D eigenvalue weighted by atomic mass is 16.5. The van der Waals surface area contributed by atoms with Gasteiger partial charge in [0, 0.05) is 44.0 Å². The molecule has 1 aliphatic heterocycles. The minimum atomic E-state index is 0.128. The molecule has 168 valence electrons. The predicted octanol–water partition coefficient (Wildman–Crippen LogP) is 3.51. The topological polar surface area (TPSA) is 71.7 Å². The average Bonchev–Trinajstić information content (AvgIpc) is 3.28. The molecule has 0 spiro atoms. The number of hydrogen-bond acceptors (Lipinski definition) is 6. The van der Waals surface area contributed by atoms with Gasteiger partial charge in [-0.3, -0.25) is 14.7 Å². The monoisotopic (exact) mass is 434 g/mol. The number of nitrogens with zero attached hydrogens (tertiary/aromatic N) is 4. The Bertz CT molecular complexity index is 1020. The zero-order valence-corrected chi connectivity index (χ0v) is 18.7. The molecular weight excluding hydrogens is 404 g/mol. The number of carbonyl (C=O) groups is 1.